The minimum atomic E-state index is -0.0341. The smallest absolute Gasteiger partial charge is 0.166 e. The summed E-state index contributed by atoms with van der Waals surface area (Å²) in [5.74, 6) is 0.751. The van der Waals surface area contributed by atoms with Gasteiger partial charge in [0.05, 0.1) is 23.0 Å². The van der Waals surface area contributed by atoms with E-state index in [1.54, 1.807) is 13.2 Å². The Labute approximate surface area is 154 Å². The van der Waals surface area contributed by atoms with Crippen molar-refractivity contribution in [2.24, 2.45) is 0 Å². The lowest BCUT2D eigenvalue weighted by molar-refractivity contribution is -0.112. The van der Waals surface area contributed by atoms with E-state index < -0.39 is 0 Å². The summed E-state index contributed by atoms with van der Waals surface area (Å²) >= 11 is 3.33. The number of benzene rings is 2. The molecule has 1 heterocycles. The summed E-state index contributed by atoms with van der Waals surface area (Å²) in [6, 6.07) is 17.6. The average molecular weight is 397 g/mol. The lowest BCUT2D eigenvalue weighted by atomic mass is 10.1. The van der Waals surface area contributed by atoms with Gasteiger partial charge in [0.2, 0.25) is 0 Å². The number of allylic oxidation sites excluding steroid dienone is 1. The van der Waals surface area contributed by atoms with Gasteiger partial charge in [-0.15, -0.1) is 0 Å². The van der Waals surface area contributed by atoms with Crippen LogP contribution in [0.25, 0.3) is 23.0 Å². The van der Waals surface area contributed by atoms with Crippen LogP contribution < -0.4 is 4.74 Å². The molecule has 126 valence electrons. The van der Waals surface area contributed by atoms with Crippen molar-refractivity contribution in [3.05, 3.63) is 70.8 Å². The van der Waals surface area contributed by atoms with E-state index in [0.29, 0.717) is 4.48 Å². The van der Waals surface area contributed by atoms with Gasteiger partial charge in [0.25, 0.3) is 0 Å². The minimum Gasteiger partial charge on any atom is -0.497 e. The van der Waals surface area contributed by atoms with Crippen LogP contribution in [0.1, 0.15) is 12.5 Å². The molecule has 0 saturated carbocycles. The maximum absolute atomic E-state index is 11.6. The van der Waals surface area contributed by atoms with Crippen LogP contribution in [0.4, 0.5) is 0 Å². The summed E-state index contributed by atoms with van der Waals surface area (Å²) in [7, 11) is 1.64. The summed E-state index contributed by atoms with van der Waals surface area (Å²) in [5, 5.41) is 4.72. The van der Waals surface area contributed by atoms with E-state index in [0.717, 1.165) is 28.3 Å². The number of para-hydroxylation sites is 1. The second kappa shape index (κ2) is 7.49. The molecule has 5 heteroatoms. The van der Waals surface area contributed by atoms with E-state index in [-0.39, 0.29) is 5.78 Å². The zero-order valence-electron chi connectivity index (χ0n) is 13.9. The first-order valence-electron chi connectivity index (χ1n) is 7.76. The van der Waals surface area contributed by atoms with E-state index in [1.807, 2.05) is 65.5 Å². The van der Waals surface area contributed by atoms with Crippen molar-refractivity contribution in [2.45, 2.75) is 6.92 Å². The Morgan fingerprint density at radius 2 is 1.80 bits per heavy atom. The predicted octanol–water partition coefficient (Wildman–Crippen LogP) is 4.87. The van der Waals surface area contributed by atoms with E-state index >= 15 is 0 Å². The van der Waals surface area contributed by atoms with Crippen LogP contribution in [0.3, 0.4) is 0 Å². The molecule has 2 aromatic carbocycles. The summed E-state index contributed by atoms with van der Waals surface area (Å²) in [5.41, 5.74) is 3.56. The SMILES string of the molecule is COc1ccc(-c2nn(-c3ccccc3)cc2/C=C(\Br)C(C)=O)cc1. The van der Waals surface area contributed by atoms with Gasteiger partial charge in [0.1, 0.15) is 5.75 Å². The monoisotopic (exact) mass is 396 g/mol. The Morgan fingerprint density at radius 3 is 2.40 bits per heavy atom. The first-order valence-corrected chi connectivity index (χ1v) is 8.55. The molecular weight excluding hydrogens is 380 g/mol. The molecule has 0 N–H and O–H groups in total. The van der Waals surface area contributed by atoms with Gasteiger partial charge in [0, 0.05) is 17.3 Å². The molecule has 3 aromatic rings. The highest BCUT2D eigenvalue weighted by molar-refractivity contribution is 9.12. The van der Waals surface area contributed by atoms with Crippen LogP contribution in [0.15, 0.2) is 65.3 Å². The van der Waals surface area contributed by atoms with Crippen molar-refractivity contribution in [3.8, 4) is 22.7 Å². The van der Waals surface area contributed by atoms with Gasteiger partial charge in [-0.2, -0.15) is 5.10 Å². The molecule has 0 amide bonds. The topological polar surface area (TPSA) is 44.1 Å². The fraction of sp³-hybridized carbons (Fsp3) is 0.100. The van der Waals surface area contributed by atoms with Gasteiger partial charge in [-0.1, -0.05) is 18.2 Å². The summed E-state index contributed by atoms with van der Waals surface area (Å²) in [6.45, 7) is 1.52. The molecular formula is C20H17BrN2O2. The highest BCUT2D eigenvalue weighted by Crippen LogP contribution is 2.28. The van der Waals surface area contributed by atoms with Gasteiger partial charge in [-0.25, -0.2) is 4.68 Å². The number of hydrogen-bond donors (Lipinski definition) is 0. The van der Waals surface area contributed by atoms with Crippen LogP contribution in [0, 0.1) is 0 Å². The maximum atomic E-state index is 11.6. The number of carbonyl (C=O) groups is 1. The van der Waals surface area contributed by atoms with Gasteiger partial charge in [-0.3, -0.25) is 4.79 Å². The Kier molecular flexibility index (Phi) is 5.14. The van der Waals surface area contributed by atoms with Crippen LogP contribution >= 0.6 is 15.9 Å². The second-order valence-corrected chi connectivity index (χ2v) is 6.34. The van der Waals surface area contributed by atoms with Crippen LogP contribution in [0.2, 0.25) is 0 Å². The third-order valence-corrected chi connectivity index (χ3v) is 4.53. The quantitative estimate of drug-likeness (QED) is 0.577. The minimum absolute atomic E-state index is 0.0341. The fourth-order valence-corrected chi connectivity index (χ4v) is 2.66. The van der Waals surface area contributed by atoms with Crippen LogP contribution in [0.5, 0.6) is 5.75 Å². The third-order valence-electron chi connectivity index (χ3n) is 3.75. The highest BCUT2D eigenvalue weighted by atomic mass is 79.9. The molecule has 0 atom stereocenters. The normalized spacial score (nSPS) is 11.4. The third kappa shape index (κ3) is 3.88. The molecule has 0 aliphatic carbocycles. The van der Waals surface area contributed by atoms with Crippen molar-refractivity contribution in [1.82, 2.24) is 9.78 Å². The van der Waals surface area contributed by atoms with Gasteiger partial charge in [-0.05, 0) is 65.3 Å². The number of halogens is 1. The highest BCUT2D eigenvalue weighted by Gasteiger charge is 2.12. The van der Waals surface area contributed by atoms with Crippen LogP contribution in [-0.2, 0) is 4.79 Å². The van der Waals surface area contributed by atoms with Gasteiger partial charge < -0.3 is 4.74 Å². The Morgan fingerprint density at radius 1 is 1.12 bits per heavy atom. The summed E-state index contributed by atoms with van der Waals surface area (Å²) < 4.78 is 7.54. The Bertz CT molecular complexity index is 913. The molecule has 0 aliphatic rings. The largest absolute Gasteiger partial charge is 0.497 e. The molecule has 4 nitrogen and oxygen atoms in total. The van der Waals surface area contributed by atoms with E-state index in [4.69, 9.17) is 9.84 Å². The fourth-order valence-electron chi connectivity index (χ4n) is 2.42. The number of ether oxygens (including phenoxy) is 1. The van der Waals surface area contributed by atoms with Gasteiger partial charge in [0.15, 0.2) is 5.78 Å². The molecule has 0 radical (unpaired) electrons. The zero-order valence-corrected chi connectivity index (χ0v) is 15.5. The number of carbonyl (C=O) groups excluding carboxylic acids is 1. The van der Waals surface area contributed by atoms with Crippen molar-refractivity contribution in [3.63, 3.8) is 0 Å². The number of methoxy groups -OCH3 is 1. The molecule has 3 rings (SSSR count). The molecule has 25 heavy (non-hydrogen) atoms. The van der Waals surface area contributed by atoms with Crippen molar-refractivity contribution in [1.29, 1.82) is 0 Å². The first-order chi connectivity index (χ1) is 12.1. The molecule has 0 bridgehead atoms. The molecule has 0 unspecified atom stereocenters. The van der Waals surface area contributed by atoms with Crippen LogP contribution in [-0.4, -0.2) is 22.7 Å². The molecule has 0 fully saturated rings. The van der Waals surface area contributed by atoms with Crippen molar-refractivity contribution in [2.75, 3.05) is 7.11 Å². The standard InChI is InChI=1S/C20H17BrN2O2/c1-14(24)19(21)12-16-13-23(17-6-4-3-5-7-17)22-20(16)15-8-10-18(25-2)11-9-15/h3-13H,1-2H3/b19-12-. The Balaban J connectivity index is 2.12. The van der Waals surface area contributed by atoms with Crippen molar-refractivity contribution >= 4 is 27.8 Å². The average Bonchev–Trinajstić information content (AvgIpc) is 3.06. The number of nitrogens with zero attached hydrogens (tertiary/aromatic N) is 2. The number of rotatable bonds is 5. The van der Waals surface area contributed by atoms with Crippen molar-refractivity contribution < 1.29 is 9.53 Å². The van der Waals surface area contributed by atoms with E-state index in [2.05, 4.69) is 15.9 Å². The van der Waals surface area contributed by atoms with E-state index in [1.165, 1.54) is 6.92 Å². The molecule has 0 aliphatic heterocycles. The molecule has 0 saturated heterocycles. The number of Topliss-reactive ketones (excluding diaryl/α,β-unsaturated/α-hetero) is 1. The summed E-state index contributed by atoms with van der Waals surface area (Å²) in [4.78, 5) is 11.6. The lowest BCUT2D eigenvalue weighted by Crippen LogP contribution is -1.94. The summed E-state index contributed by atoms with van der Waals surface area (Å²) in [6.07, 6.45) is 3.72. The first kappa shape index (κ1) is 17.2. The van der Waals surface area contributed by atoms with E-state index in [9.17, 15) is 4.79 Å². The Hall–Kier alpha value is -2.66. The lowest BCUT2D eigenvalue weighted by Gasteiger charge is -2.03. The predicted molar refractivity (Wildman–Crippen MR) is 103 cm³/mol. The number of ketones is 1. The number of hydrogen-bond acceptors (Lipinski definition) is 3. The molecule has 1 aromatic heterocycles. The maximum Gasteiger partial charge on any atom is 0.166 e. The number of aromatic nitrogens is 2. The molecule has 0 spiro atoms. The zero-order chi connectivity index (χ0) is 17.8. The van der Waals surface area contributed by atoms with Gasteiger partial charge >= 0.3 is 0 Å². The second-order valence-electron chi connectivity index (χ2n) is 5.49.